The lowest BCUT2D eigenvalue weighted by molar-refractivity contribution is 0.00431. The molecule has 3 aliphatic rings. The largest absolute Gasteiger partial charge is 0.441 e. The van der Waals surface area contributed by atoms with Crippen molar-refractivity contribution in [1.82, 2.24) is 15.3 Å². The van der Waals surface area contributed by atoms with Crippen molar-refractivity contribution in [3.05, 3.63) is 53.9 Å². The summed E-state index contributed by atoms with van der Waals surface area (Å²) in [4.78, 5) is 21.3. The fourth-order valence-corrected chi connectivity index (χ4v) is 4.70. The van der Waals surface area contributed by atoms with Gasteiger partial charge in [-0.3, -0.25) is 0 Å². The minimum atomic E-state index is -0.467. The van der Waals surface area contributed by atoms with E-state index < -0.39 is 12.2 Å². The minimum Gasteiger partial charge on any atom is -0.441 e. The Labute approximate surface area is 181 Å². The van der Waals surface area contributed by atoms with E-state index in [0.717, 1.165) is 11.3 Å². The van der Waals surface area contributed by atoms with Gasteiger partial charge in [0.05, 0.1) is 19.3 Å². The Bertz CT molecular complexity index is 890. The number of ether oxygens (including phenoxy) is 3. The molecule has 8 heteroatoms. The standard InChI is InChI=1S/C23H28N4O4/c28-23(25-12-15-6-2-1-3-7-15)31-19-14-30-20-18(13-29-21(19)20)27-22-24-11-10-17(26-22)16-8-4-5-9-16/h1-3,6-7,10-11,16,18-21H,4-5,8-9,12-14H2,(H,25,28)(H,24,26,27)/t18-,19+,20+,21+/m0/s1. The topological polar surface area (TPSA) is 94.6 Å². The third kappa shape index (κ3) is 4.65. The van der Waals surface area contributed by atoms with Gasteiger partial charge < -0.3 is 24.8 Å². The second kappa shape index (κ2) is 9.20. The fourth-order valence-electron chi connectivity index (χ4n) is 4.70. The summed E-state index contributed by atoms with van der Waals surface area (Å²) in [6.07, 6.45) is 5.35. The molecular formula is C23H28N4O4. The first-order valence-corrected chi connectivity index (χ1v) is 11.1. The smallest absolute Gasteiger partial charge is 0.407 e. The van der Waals surface area contributed by atoms with E-state index in [-0.39, 0.29) is 18.2 Å². The Hall–Kier alpha value is -2.71. The van der Waals surface area contributed by atoms with E-state index in [1.807, 2.05) is 42.6 Å². The van der Waals surface area contributed by atoms with Crippen molar-refractivity contribution in [3.8, 4) is 0 Å². The number of carbonyl (C=O) groups excluding carboxylic acids is 1. The van der Waals surface area contributed by atoms with Gasteiger partial charge in [-0.15, -0.1) is 0 Å². The van der Waals surface area contributed by atoms with Gasteiger partial charge in [-0.25, -0.2) is 14.8 Å². The van der Waals surface area contributed by atoms with Gasteiger partial charge >= 0.3 is 6.09 Å². The highest BCUT2D eigenvalue weighted by atomic mass is 16.6. The molecule has 1 aromatic carbocycles. The van der Waals surface area contributed by atoms with E-state index in [9.17, 15) is 4.79 Å². The van der Waals surface area contributed by atoms with Crippen molar-refractivity contribution >= 4 is 12.0 Å². The van der Waals surface area contributed by atoms with Crippen molar-refractivity contribution in [3.63, 3.8) is 0 Å². The number of alkyl carbamates (subject to hydrolysis) is 1. The van der Waals surface area contributed by atoms with Gasteiger partial charge in [-0.1, -0.05) is 43.2 Å². The number of nitrogens with one attached hydrogen (secondary N) is 2. The van der Waals surface area contributed by atoms with E-state index in [4.69, 9.17) is 19.2 Å². The number of amides is 1. The first kappa shape index (κ1) is 20.2. The third-order valence-corrected chi connectivity index (χ3v) is 6.31. The molecule has 1 amide bonds. The van der Waals surface area contributed by atoms with Gasteiger partial charge in [-0.2, -0.15) is 0 Å². The van der Waals surface area contributed by atoms with Crippen LogP contribution in [0.15, 0.2) is 42.6 Å². The molecule has 0 unspecified atom stereocenters. The summed E-state index contributed by atoms with van der Waals surface area (Å²) in [5.41, 5.74) is 2.12. The number of benzene rings is 1. The molecule has 2 saturated heterocycles. The van der Waals surface area contributed by atoms with Crippen LogP contribution in [0, 0.1) is 0 Å². The maximum Gasteiger partial charge on any atom is 0.407 e. The van der Waals surface area contributed by atoms with Crippen LogP contribution in [0.4, 0.5) is 10.7 Å². The van der Waals surface area contributed by atoms with Gasteiger partial charge in [0.25, 0.3) is 0 Å². The maximum absolute atomic E-state index is 12.2. The molecule has 31 heavy (non-hydrogen) atoms. The molecule has 3 heterocycles. The maximum atomic E-state index is 12.2. The van der Waals surface area contributed by atoms with Gasteiger partial charge in [0.1, 0.15) is 12.2 Å². The molecule has 2 aliphatic heterocycles. The molecule has 1 aromatic heterocycles. The lowest BCUT2D eigenvalue weighted by Gasteiger charge is -2.18. The number of carbonyl (C=O) groups is 1. The summed E-state index contributed by atoms with van der Waals surface area (Å²) >= 11 is 0. The average Bonchev–Trinajstić information content (AvgIpc) is 3.54. The van der Waals surface area contributed by atoms with Crippen LogP contribution in [0.2, 0.25) is 0 Å². The molecule has 0 radical (unpaired) electrons. The van der Waals surface area contributed by atoms with E-state index in [0.29, 0.717) is 31.6 Å². The molecule has 3 fully saturated rings. The summed E-state index contributed by atoms with van der Waals surface area (Å²) in [6, 6.07) is 11.7. The zero-order chi connectivity index (χ0) is 21.0. The molecule has 4 atom stereocenters. The Balaban J connectivity index is 1.14. The quantitative estimate of drug-likeness (QED) is 0.736. The molecular weight excluding hydrogens is 396 g/mol. The second-order valence-electron chi connectivity index (χ2n) is 8.42. The molecule has 8 nitrogen and oxygen atoms in total. The SMILES string of the molecule is O=C(NCc1ccccc1)O[C@@H]1CO[C@H]2[C@@H]1OC[C@@H]2Nc1nccc(C2CCCC2)n1. The Morgan fingerprint density at radius 1 is 1.06 bits per heavy atom. The summed E-state index contributed by atoms with van der Waals surface area (Å²) in [5, 5.41) is 6.15. The van der Waals surface area contributed by atoms with E-state index in [2.05, 4.69) is 15.6 Å². The van der Waals surface area contributed by atoms with Crippen LogP contribution in [0.3, 0.4) is 0 Å². The highest BCUT2D eigenvalue weighted by Gasteiger charge is 2.49. The molecule has 2 N–H and O–H groups in total. The van der Waals surface area contributed by atoms with E-state index in [1.165, 1.54) is 25.7 Å². The van der Waals surface area contributed by atoms with Crippen molar-refractivity contribution in [1.29, 1.82) is 0 Å². The Morgan fingerprint density at radius 3 is 2.71 bits per heavy atom. The van der Waals surface area contributed by atoms with Crippen LogP contribution in [0.25, 0.3) is 0 Å². The molecule has 5 rings (SSSR count). The number of nitrogens with zero attached hydrogens (tertiary/aromatic N) is 2. The van der Waals surface area contributed by atoms with Crippen molar-refractivity contribution in [2.75, 3.05) is 18.5 Å². The zero-order valence-corrected chi connectivity index (χ0v) is 17.4. The van der Waals surface area contributed by atoms with Crippen LogP contribution in [-0.2, 0) is 20.8 Å². The van der Waals surface area contributed by atoms with E-state index in [1.54, 1.807) is 0 Å². The first-order valence-electron chi connectivity index (χ1n) is 11.1. The molecule has 0 spiro atoms. The van der Waals surface area contributed by atoms with Crippen LogP contribution in [-0.4, -0.2) is 53.6 Å². The predicted molar refractivity (Wildman–Crippen MR) is 114 cm³/mol. The molecule has 2 aromatic rings. The summed E-state index contributed by atoms with van der Waals surface area (Å²) in [6.45, 7) is 1.19. The average molecular weight is 425 g/mol. The first-order chi connectivity index (χ1) is 15.3. The number of hydrogen-bond donors (Lipinski definition) is 2. The summed E-state index contributed by atoms with van der Waals surface area (Å²) < 4.78 is 17.4. The Kier molecular flexibility index (Phi) is 5.99. The molecule has 164 valence electrons. The molecule has 1 saturated carbocycles. The van der Waals surface area contributed by atoms with Gasteiger partial charge in [0, 0.05) is 24.4 Å². The number of fused-ring (bicyclic) bond motifs is 1. The number of hydrogen-bond acceptors (Lipinski definition) is 7. The summed E-state index contributed by atoms with van der Waals surface area (Å²) in [7, 11) is 0. The van der Waals surface area contributed by atoms with Gasteiger partial charge in [0.15, 0.2) is 6.10 Å². The number of aromatic nitrogens is 2. The van der Waals surface area contributed by atoms with Crippen LogP contribution < -0.4 is 10.6 Å². The van der Waals surface area contributed by atoms with Gasteiger partial charge in [0.2, 0.25) is 5.95 Å². The minimum absolute atomic E-state index is 0.0789. The van der Waals surface area contributed by atoms with E-state index >= 15 is 0 Å². The molecule has 0 bridgehead atoms. The molecule has 1 aliphatic carbocycles. The van der Waals surface area contributed by atoms with Gasteiger partial charge in [-0.05, 0) is 24.5 Å². The van der Waals surface area contributed by atoms with Crippen molar-refractivity contribution < 1.29 is 19.0 Å². The summed E-state index contributed by atoms with van der Waals surface area (Å²) in [5.74, 6) is 1.14. The zero-order valence-electron chi connectivity index (χ0n) is 17.4. The second-order valence-corrected chi connectivity index (χ2v) is 8.42. The van der Waals surface area contributed by atoms with Crippen molar-refractivity contribution in [2.24, 2.45) is 0 Å². The highest BCUT2D eigenvalue weighted by Crippen LogP contribution is 2.34. The number of anilines is 1. The van der Waals surface area contributed by atoms with Crippen molar-refractivity contribution in [2.45, 2.75) is 62.5 Å². The van der Waals surface area contributed by atoms with Crippen LogP contribution in [0.5, 0.6) is 0 Å². The predicted octanol–water partition coefficient (Wildman–Crippen LogP) is 3.01. The van der Waals surface area contributed by atoms with Crippen LogP contribution >= 0.6 is 0 Å². The monoisotopic (exact) mass is 424 g/mol. The number of rotatable bonds is 6. The normalized spacial score (nSPS) is 27.7. The lowest BCUT2D eigenvalue weighted by atomic mass is 10.0. The Morgan fingerprint density at radius 2 is 1.87 bits per heavy atom. The fraction of sp³-hybridized carbons (Fsp3) is 0.522. The highest BCUT2D eigenvalue weighted by molar-refractivity contribution is 5.67. The third-order valence-electron chi connectivity index (χ3n) is 6.31. The van der Waals surface area contributed by atoms with Crippen LogP contribution in [0.1, 0.15) is 42.9 Å². The lowest BCUT2D eigenvalue weighted by Crippen LogP contribution is -2.39.